The molecule has 0 bridgehead atoms. The van der Waals surface area contributed by atoms with Crippen LogP contribution in [0, 0.1) is 0 Å². The second-order valence-corrected chi connectivity index (χ2v) is 5.95. The van der Waals surface area contributed by atoms with Crippen molar-refractivity contribution in [1.29, 1.82) is 0 Å². The van der Waals surface area contributed by atoms with E-state index in [0.29, 0.717) is 6.42 Å². The van der Waals surface area contributed by atoms with E-state index in [-0.39, 0.29) is 11.9 Å². The zero-order valence-corrected chi connectivity index (χ0v) is 13.3. The van der Waals surface area contributed by atoms with Gasteiger partial charge in [0.25, 0.3) is 0 Å². The molecule has 23 heavy (non-hydrogen) atoms. The third-order valence-corrected chi connectivity index (χ3v) is 4.11. The standard InChI is InChI=1S/C19H22N2O2/c1-14(8-10-16-5-4-12-23-16)21-19(22)11-9-15-13-20-18-7-3-2-6-17(15)18/h2-7,12-14,20H,8-11H2,1H3,(H,21,22). The molecule has 3 rings (SSSR count). The van der Waals surface area contributed by atoms with Crippen LogP contribution in [0.4, 0.5) is 0 Å². The number of para-hydroxylation sites is 1. The molecular formula is C19H22N2O2. The number of hydrogen-bond donors (Lipinski definition) is 2. The maximum atomic E-state index is 12.1. The monoisotopic (exact) mass is 310 g/mol. The lowest BCUT2D eigenvalue weighted by molar-refractivity contribution is -0.121. The molecule has 1 atom stereocenters. The lowest BCUT2D eigenvalue weighted by Gasteiger charge is -2.13. The SMILES string of the molecule is CC(CCc1ccco1)NC(=O)CCc1c[nH]c2ccccc12. The Labute approximate surface area is 135 Å². The molecule has 0 saturated carbocycles. The first-order valence-electron chi connectivity index (χ1n) is 8.09. The Morgan fingerprint density at radius 3 is 2.91 bits per heavy atom. The molecule has 4 heteroatoms. The van der Waals surface area contributed by atoms with Crippen molar-refractivity contribution in [2.45, 2.75) is 38.6 Å². The maximum Gasteiger partial charge on any atom is 0.220 e. The largest absolute Gasteiger partial charge is 0.469 e. The number of amides is 1. The number of hydrogen-bond acceptors (Lipinski definition) is 2. The minimum absolute atomic E-state index is 0.0993. The Morgan fingerprint density at radius 1 is 1.22 bits per heavy atom. The average molecular weight is 310 g/mol. The Morgan fingerprint density at radius 2 is 2.09 bits per heavy atom. The summed E-state index contributed by atoms with van der Waals surface area (Å²) in [6, 6.07) is 12.2. The summed E-state index contributed by atoms with van der Waals surface area (Å²) in [4.78, 5) is 15.3. The number of aromatic amines is 1. The number of H-pyrrole nitrogens is 1. The predicted molar refractivity (Wildman–Crippen MR) is 91.3 cm³/mol. The summed E-state index contributed by atoms with van der Waals surface area (Å²) >= 11 is 0. The Hall–Kier alpha value is -2.49. The van der Waals surface area contributed by atoms with Gasteiger partial charge in [-0.1, -0.05) is 18.2 Å². The third kappa shape index (κ3) is 4.03. The molecule has 1 aromatic carbocycles. The summed E-state index contributed by atoms with van der Waals surface area (Å²) in [5.41, 5.74) is 2.31. The molecular weight excluding hydrogens is 288 g/mol. The molecule has 1 amide bonds. The number of carbonyl (C=O) groups excluding carboxylic acids is 1. The number of rotatable bonds is 7. The van der Waals surface area contributed by atoms with Crippen molar-refractivity contribution in [2.75, 3.05) is 0 Å². The molecule has 0 aliphatic rings. The topological polar surface area (TPSA) is 58.0 Å². The van der Waals surface area contributed by atoms with Crippen molar-refractivity contribution < 1.29 is 9.21 Å². The predicted octanol–water partition coefficient (Wildman–Crippen LogP) is 3.83. The van der Waals surface area contributed by atoms with E-state index >= 15 is 0 Å². The average Bonchev–Trinajstić information content (AvgIpc) is 3.21. The van der Waals surface area contributed by atoms with Crippen LogP contribution in [0.25, 0.3) is 10.9 Å². The van der Waals surface area contributed by atoms with Gasteiger partial charge < -0.3 is 14.7 Å². The van der Waals surface area contributed by atoms with Gasteiger partial charge in [0.2, 0.25) is 5.91 Å². The van der Waals surface area contributed by atoms with E-state index in [0.717, 1.165) is 30.5 Å². The van der Waals surface area contributed by atoms with Crippen LogP contribution in [0.2, 0.25) is 0 Å². The third-order valence-electron chi connectivity index (χ3n) is 4.11. The summed E-state index contributed by atoms with van der Waals surface area (Å²) in [7, 11) is 0. The maximum absolute atomic E-state index is 12.1. The molecule has 0 spiro atoms. The molecule has 4 nitrogen and oxygen atoms in total. The van der Waals surface area contributed by atoms with E-state index < -0.39 is 0 Å². The lowest BCUT2D eigenvalue weighted by atomic mass is 10.1. The quantitative estimate of drug-likeness (QED) is 0.697. The molecule has 0 saturated heterocycles. The van der Waals surface area contributed by atoms with Gasteiger partial charge in [-0.15, -0.1) is 0 Å². The van der Waals surface area contributed by atoms with E-state index in [1.165, 1.54) is 10.9 Å². The van der Waals surface area contributed by atoms with Crippen LogP contribution in [0.15, 0.2) is 53.3 Å². The molecule has 120 valence electrons. The number of benzene rings is 1. The van der Waals surface area contributed by atoms with Gasteiger partial charge in [0, 0.05) is 36.0 Å². The Bertz CT molecular complexity index is 759. The molecule has 2 N–H and O–H groups in total. The summed E-state index contributed by atoms with van der Waals surface area (Å²) in [6.07, 6.45) is 6.66. The van der Waals surface area contributed by atoms with Crippen molar-refractivity contribution in [3.8, 4) is 0 Å². The zero-order valence-electron chi connectivity index (χ0n) is 13.3. The van der Waals surface area contributed by atoms with Gasteiger partial charge >= 0.3 is 0 Å². The first-order chi connectivity index (χ1) is 11.2. The first kappa shape index (κ1) is 15.4. The molecule has 0 aliphatic heterocycles. The van der Waals surface area contributed by atoms with Gasteiger partial charge in [-0.3, -0.25) is 4.79 Å². The van der Waals surface area contributed by atoms with E-state index in [9.17, 15) is 4.79 Å². The molecule has 3 aromatic rings. The minimum Gasteiger partial charge on any atom is -0.469 e. The molecule has 1 unspecified atom stereocenters. The van der Waals surface area contributed by atoms with Crippen molar-refractivity contribution in [3.63, 3.8) is 0 Å². The van der Waals surface area contributed by atoms with Gasteiger partial charge in [0.1, 0.15) is 5.76 Å². The van der Waals surface area contributed by atoms with Crippen LogP contribution in [0.1, 0.15) is 31.1 Å². The van der Waals surface area contributed by atoms with Crippen LogP contribution >= 0.6 is 0 Å². The van der Waals surface area contributed by atoms with Crippen LogP contribution in [0.3, 0.4) is 0 Å². The highest BCUT2D eigenvalue weighted by Crippen LogP contribution is 2.18. The van der Waals surface area contributed by atoms with Gasteiger partial charge in [0.05, 0.1) is 6.26 Å². The van der Waals surface area contributed by atoms with Gasteiger partial charge in [-0.25, -0.2) is 0 Å². The minimum atomic E-state index is 0.0993. The number of nitrogens with one attached hydrogen (secondary N) is 2. The summed E-state index contributed by atoms with van der Waals surface area (Å²) in [5.74, 6) is 1.06. The van der Waals surface area contributed by atoms with Crippen molar-refractivity contribution >= 4 is 16.8 Å². The Balaban J connectivity index is 1.45. The van der Waals surface area contributed by atoms with Gasteiger partial charge in [-0.05, 0) is 43.5 Å². The normalized spacial score (nSPS) is 12.4. The molecule has 0 fully saturated rings. The highest BCUT2D eigenvalue weighted by atomic mass is 16.3. The zero-order chi connectivity index (χ0) is 16.1. The fourth-order valence-corrected chi connectivity index (χ4v) is 2.82. The van der Waals surface area contributed by atoms with Crippen LogP contribution in [-0.2, 0) is 17.6 Å². The van der Waals surface area contributed by atoms with Crippen molar-refractivity contribution in [1.82, 2.24) is 10.3 Å². The van der Waals surface area contributed by atoms with Crippen molar-refractivity contribution in [3.05, 3.63) is 60.2 Å². The first-order valence-corrected chi connectivity index (χ1v) is 8.09. The number of aryl methyl sites for hydroxylation is 2. The second-order valence-electron chi connectivity index (χ2n) is 5.95. The van der Waals surface area contributed by atoms with Crippen LogP contribution in [0.5, 0.6) is 0 Å². The molecule has 0 aliphatic carbocycles. The van der Waals surface area contributed by atoms with E-state index in [1.807, 2.05) is 37.4 Å². The number of furan rings is 1. The smallest absolute Gasteiger partial charge is 0.220 e. The summed E-state index contributed by atoms with van der Waals surface area (Å²) in [5, 5.41) is 4.26. The second kappa shape index (κ2) is 7.18. The summed E-state index contributed by atoms with van der Waals surface area (Å²) < 4.78 is 5.31. The molecule has 2 heterocycles. The lowest BCUT2D eigenvalue weighted by Crippen LogP contribution is -2.33. The highest BCUT2D eigenvalue weighted by molar-refractivity contribution is 5.84. The molecule has 0 radical (unpaired) electrons. The van der Waals surface area contributed by atoms with Gasteiger partial charge in [0.15, 0.2) is 0 Å². The summed E-state index contributed by atoms with van der Waals surface area (Å²) in [6.45, 7) is 2.03. The Kier molecular flexibility index (Phi) is 4.81. The molecule has 2 aromatic heterocycles. The van der Waals surface area contributed by atoms with Crippen molar-refractivity contribution in [2.24, 2.45) is 0 Å². The van der Waals surface area contributed by atoms with E-state index in [1.54, 1.807) is 6.26 Å². The fraction of sp³-hybridized carbons (Fsp3) is 0.316. The number of carbonyl (C=O) groups is 1. The van der Waals surface area contributed by atoms with Crippen LogP contribution in [-0.4, -0.2) is 16.9 Å². The fourth-order valence-electron chi connectivity index (χ4n) is 2.82. The number of fused-ring (bicyclic) bond motifs is 1. The number of aromatic nitrogens is 1. The highest BCUT2D eigenvalue weighted by Gasteiger charge is 2.10. The van der Waals surface area contributed by atoms with Gasteiger partial charge in [-0.2, -0.15) is 0 Å². The van der Waals surface area contributed by atoms with Crippen LogP contribution < -0.4 is 5.32 Å². The van der Waals surface area contributed by atoms with E-state index in [4.69, 9.17) is 4.42 Å². The van der Waals surface area contributed by atoms with E-state index in [2.05, 4.69) is 22.4 Å².